The highest BCUT2D eigenvalue weighted by molar-refractivity contribution is 6.00. The highest BCUT2D eigenvalue weighted by Gasteiger charge is 2.48. The molecule has 0 spiro atoms. The van der Waals surface area contributed by atoms with Gasteiger partial charge in [0.05, 0.1) is 13.8 Å². The van der Waals surface area contributed by atoms with Gasteiger partial charge < -0.3 is 4.74 Å². The molecular formula is C21H26N2O3. The number of benzene rings is 1. The number of carbonyl (C=O) groups is 2. The predicted molar refractivity (Wildman–Crippen MR) is 102 cm³/mol. The van der Waals surface area contributed by atoms with Crippen LogP contribution in [0.1, 0.15) is 19.4 Å². The average Bonchev–Trinajstić information content (AvgIpc) is 3.23. The van der Waals surface area contributed by atoms with Gasteiger partial charge in [-0.3, -0.25) is 19.4 Å². The molecule has 5 heteroatoms. The Balaban J connectivity index is 1.98. The van der Waals surface area contributed by atoms with E-state index in [1.807, 2.05) is 74.2 Å². The SMILES string of the molecule is COC(=O)[C@H](C(C)C)N1CN(c2ccc(C)cc2)C(=O)[C@H]1C1C=CC=C1. The van der Waals surface area contributed by atoms with Gasteiger partial charge in [-0.1, -0.05) is 55.8 Å². The molecule has 1 fully saturated rings. The molecule has 2 atom stereocenters. The first-order valence-electron chi connectivity index (χ1n) is 9.00. The molecule has 0 N–H and O–H groups in total. The number of ether oxygens (including phenoxy) is 1. The van der Waals surface area contributed by atoms with E-state index in [-0.39, 0.29) is 23.7 Å². The summed E-state index contributed by atoms with van der Waals surface area (Å²) < 4.78 is 5.04. The van der Waals surface area contributed by atoms with Gasteiger partial charge in [0.15, 0.2) is 0 Å². The van der Waals surface area contributed by atoms with Gasteiger partial charge >= 0.3 is 5.97 Å². The monoisotopic (exact) mass is 354 g/mol. The predicted octanol–water partition coefficient (Wildman–Crippen LogP) is 2.91. The summed E-state index contributed by atoms with van der Waals surface area (Å²) in [6.07, 6.45) is 7.94. The molecule has 0 aromatic heterocycles. The third-order valence-corrected chi connectivity index (χ3v) is 5.10. The molecule has 0 radical (unpaired) electrons. The average molecular weight is 354 g/mol. The summed E-state index contributed by atoms with van der Waals surface area (Å²) in [5.74, 6) is -0.284. The van der Waals surface area contributed by atoms with Crippen LogP contribution in [-0.2, 0) is 14.3 Å². The number of allylic oxidation sites excluding steroid dienone is 2. The first-order chi connectivity index (χ1) is 12.4. The smallest absolute Gasteiger partial charge is 0.323 e. The first-order valence-corrected chi connectivity index (χ1v) is 9.00. The van der Waals surface area contributed by atoms with Crippen molar-refractivity contribution >= 4 is 17.6 Å². The van der Waals surface area contributed by atoms with Gasteiger partial charge in [0.25, 0.3) is 0 Å². The van der Waals surface area contributed by atoms with E-state index in [0.29, 0.717) is 6.67 Å². The van der Waals surface area contributed by atoms with Crippen LogP contribution in [0.15, 0.2) is 48.6 Å². The summed E-state index contributed by atoms with van der Waals surface area (Å²) >= 11 is 0. The van der Waals surface area contributed by atoms with E-state index in [1.165, 1.54) is 7.11 Å². The fourth-order valence-electron chi connectivity index (χ4n) is 3.77. The Morgan fingerprint density at radius 1 is 1.15 bits per heavy atom. The van der Waals surface area contributed by atoms with E-state index < -0.39 is 12.1 Å². The molecule has 1 aromatic carbocycles. The molecule has 3 rings (SSSR count). The molecule has 0 saturated carbocycles. The minimum Gasteiger partial charge on any atom is -0.468 e. The Morgan fingerprint density at radius 3 is 2.31 bits per heavy atom. The van der Waals surface area contributed by atoms with Gasteiger partial charge in [-0.2, -0.15) is 0 Å². The van der Waals surface area contributed by atoms with Crippen LogP contribution in [0.2, 0.25) is 0 Å². The molecule has 2 aliphatic rings. The molecule has 1 aromatic rings. The largest absolute Gasteiger partial charge is 0.468 e. The minimum atomic E-state index is -0.466. The van der Waals surface area contributed by atoms with Gasteiger partial charge in [0.2, 0.25) is 5.91 Å². The first kappa shape index (κ1) is 18.4. The van der Waals surface area contributed by atoms with Crippen molar-refractivity contribution in [1.29, 1.82) is 0 Å². The van der Waals surface area contributed by atoms with Crippen molar-refractivity contribution in [3.05, 3.63) is 54.1 Å². The summed E-state index contributed by atoms with van der Waals surface area (Å²) in [6.45, 7) is 6.36. The number of hydrogen-bond donors (Lipinski definition) is 0. The van der Waals surface area contributed by atoms with E-state index in [0.717, 1.165) is 11.3 Å². The summed E-state index contributed by atoms with van der Waals surface area (Å²) in [6, 6.07) is 7.03. The molecule has 1 heterocycles. The number of amides is 1. The standard InChI is InChI=1S/C21H26N2O3/c1-14(2)18(21(25)26-4)23-13-22(17-11-9-15(3)10-12-17)20(24)19(23)16-7-5-6-8-16/h5-12,14,16,18-19H,13H2,1-4H3/t18-,19+/m0/s1. The summed E-state index contributed by atoms with van der Waals surface area (Å²) in [5.41, 5.74) is 2.00. The van der Waals surface area contributed by atoms with Crippen molar-refractivity contribution in [2.75, 3.05) is 18.7 Å². The summed E-state index contributed by atoms with van der Waals surface area (Å²) in [7, 11) is 1.40. The van der Waals surface area contributed by atoms with Gasteiger partial charge in [-0.25, -0.2) is 0 Å². The summed E-state index contributed by atoms with van der Waals surface area (Å²) in [5, 5.41) is 0. The van der Waals surface area contributed by atoms with Crippen LogP contribution in [0.5, 0.6) is 0 Å². The van der Waals surface area contributed by atoms with E-state index >= 15 is 0 Å². The number of nitrogens with zero attached hydrogens (tertiary/aromatic N) is 2. The fraction of sp³-hybridized carbons (Fsp3) is 0.429. The molecule has 5 nitrogen and oxygen atoms in total. The Bertz CT molecular complexity index is 724. The fourth-order valence-corrected chi connectivity index (χ4v) is 3.77. The van der Waals surface area contributed by atoms with Crippen LogP contribution in [0.3, 0.4) is 0 Å². The van der Waals surface area contributed by atoms with Crippen LogP contribution in [-0.4, -0.2) is 42.6 Å². The van der Waals surface area contributed by atoms with Gasteiger partial charge in [-0.15, -0.1) is 0 Å². The van der Waals surface area contributed by atoms with Crippen molar-refractivity contribution in [1.82, 2.24) is 4.90 Å². The van der Waals surface area contributed by atoms with Crippen LogP contribution in [0.25, 0.3) is 0 Å². The zero-order valence-electron chi connectivity index (χ0n) is 15.8. The second-order valence-electron chi connectivity index (χ2n) is 7.26. The molecule has 0 bridgehead atoms. The van der Waals surface area contributed by atoms with Crippen molar-refractivity contribution < 1.29 is 14.3 Å². The van der Waals surface area contributed by atoms with E-state index in [9.17, 15) is 9.59 Å². The zero-order valence-corrected chi connectivity index (χ0v) is 15.8. The highest BCUT2D eigenvalue weighted by atomic mass is 16.5. The Morgan fingerprint density at radius 2 is 1.77 bits per heavy atom. The quantitative estimate of drug-likeness (QED) is 0.763. The van der Waals surface area contributed by atoms with Crippen molar-refractivity contribution in [2.45, 2.75) is 32.9 Å². The third-order valence-electron chi connectivity index (χ3n) is 5.10. The number of carbonyl (C=O) groups excluding carboxylic acids is 2. The molecule has 26 heavy (non-hydrogen) atoms. The van der Waals surface area contributed by atoms with Crippen LogP contribution < -0.4 is 4.90 Å². The van der Waals surface area contributed by atoms with Crippen molar-refractivity contribution in [3.8, 4) is 0 Å². The lowest BCUT2D eigenvalue weighted by molar-refractivity contribution is -0.149. The van der Waals surface area contributed by atoms with E-state index in [4.69, 9.17) is 4.74 Å². The minimum absolute atomic E-state index is 0.0182. The molecule has 1 aliphatic heterocycles. The van der Waals surface area contributed by atoms with Crippen LogP contribution in [0, 0.1) is 18.8 Å². The Hall–Kier alpha value is -2.40. The number of anilines is 1. The number of methoxy groups -OCH3 is 1. The zero-order chi connectivity index (χ0) is 18.8. The van der Waals surface area contributed by atoms with Gasteiger partial charge in [0, 0.05) is 11.6 Å². The molecule has 1 aliphatic carbocycles. The van der Waals surface area contributed by atoms with Gasteiger partial charge in [-0.05, 0) is 25.0 Å². The lowest BCUT2D eigenvalue weighted by Crippen LogP contribution is -2.51. The number of rotatable bonds is 5. The highest BCUT2D eigenvalue weighted by Crippen LogP contribution is 2.33. The maximum Gasteiger partial charge on any atom is 0.323 e. The number of hydrogen-bond acceptors (Lipinski definition) is 4. The molecule has 138 valence electrons. The van der Waals surface area contributed by atoms with Crippen LogP contribution in [0.4, 0.5) is 5.69 Å². The lowest BCUT2D eigenvalue weighted by Gasteiger charge is -2.33. The number of esters is 1. The Kier molecular flexibility index (Phi) is 5.28. The van der Waals surface area contributed by atoms with Gasteiger partial charge in [0.1, 0.15) is 12.1 Å². The maximum atomic E-state index is 13.3. The molecule has 1 amide bonds. The van der Waals surface area contributed by atoms with Crippen molar-refractivity contribution in [2.24, 2.45) is 11.8 Å². The topological polar surface area (TPSA) is 49.9 Å². The third kappa shape index (κ3) is 3.31. The van der Waals surface area contributed by atoms with Crippen molar-refractivity contribution in [3.63, 3.8) is 0 Å². The normalized spacial score (nSPS) is 21.8. The summed E-state index contributed by atoms with van der Waals surface area (Å²) in [4.78, 5) is 29.5. The second kappa shape index (κ2) is 7.46. The second-order valence-corrected chi connectivity index (χ2v) is 7.26. The molecule has 0 unspecified atom stereocenters. The number of aryl methyl sites for hydroxylation is 1. The van der Waals surface area contributed by atoms with Crippen LogP contribution >= 0.6 is 0 Å². The molecule has 1 saturated heterocycles. The van der Waals surface area contributed by atoms with E-state index in [2.05, 4.69) is 0 Å². The molecular weight excluding hydrogens is 328 g/mol. The lowest BCUT2D eigenvalue weighted by atomic mass is 9.95. The van der Waals surface area contributed by atoms with E-state index in [1.54, 1.807) is 4.90 Å². The Labute approximate surface area is 154 Å². The maximum absolute atomic E-state index is 13.3.